The quantitative estimate of drug-likeness (QED) is 0.756. The molecule has 1 aliphatic rings. The van der Waals surface area contributed by atoms with E-state index in [4.69, 9.17) is 11.6 Å². The summed E-state index contributed by atoms with van der Waals surface area (Å²) in [7, 11) is 0. The SMILES string of the molecule is Fc1ccc(Br)cc1NC1CC(c2ccc(Cl)cc2)C1. The minimum Gasteiger partial charge on any atom is -0.380 e. The average Bonchev–Trinajstić information content (AvgIpc) is 2.39. The number of nitrogens with one attached hydrogen (secondary N) is 1. The topological polar surface area (TPSA) is 12.0 Å². The highest BCUT2D eigenvalue weighted by molar-refractivity contribution is 9.10. The zero-order valence-electron chi connectivity index (χ0n) is 10.7. The molecule has 0 spiro atoms. The lowest BCUT2D eigenvalue weighted by Crippen LogP contribution is -2.34. The van der Waals surface area contributed by atoms with Crippen LogP contribution >= 0.6 is 27.5 Å². The predicted molar refractivity (Wildman–Crippen MR) is 84.9 cm³/mol. The molecule has 3 rings (SSSR count). The minimum atomic E-state index is -0.205. The normalized spacial score (nSPS) is 21.4. The van der Waals surface area contributed by atoms with Crippen molar-refractivity contribution in [2.24, 2.45) is 0 Å². The Balaban J connectivity index is 1.60. The second kappa shape index (κ2) is 5.74. The number of hydrogen-bond acceptors (Lipinski definition) is 1. The fraction of sp³-hybridized carbons (Fsp3) is 0.250. The first-order valence-electron chi connectivity index (χ1n) is 6.59. The Morgan fingerprint density at radius 1 is 1.10 bits per heavy atom. The Morgan fingerprint density at radius 3 is 2.50 bits per heavy atom. The van der Waals surface area contributed by atoms with Crippen molar-refractivity contribution in [1.82, 2.24) is 0 Å². The summed E-state index contributed by atoms with van der Waals surface area (Å²) >= 11 is 9.25. The van der Waals surface area contributed by atoms with E-state index in [0.29, 0.717) is 17.6 Å². The fourth-order valence-corrected chi connectivity index (χ4v) is 3.06. The van der Waals surface area contributed by atoms with E-state index >= 15 is 0 Å². The van der Waals surface area contributed by atoms with Gasteiger partial charge in [0.15, 0.2) is 0 Å². The molecular formula is C16H14BrClFN. The van der Waals surface area contributed by atoms with Gasteiger partial charge in [-0.15, -0.1) is 0 Å². The molecule has 104 valence electrons. The molecule has 1 N–H and O–H groups in total. The van der Waals surface area contributed by atoms with Gasteiger partial charge in [0.05, 0.1) is 5.69 Å². The van der Waals surface area contributed by atoms with E-state index in [2.05, 4.69) is 33.4 Å². The molecule has 2 aromatic rings. The van der Waals surface area contributed by atoms with Gasteiger partial charge in [0.2, 0.25) is 0 Å². The first kappa shape index (κ1) is 13.9. The minimum absolute atomic E-state index is 0.205. The van der Waals surface area contributed by atoms with Gasteiger partial charge >= 0.3 is 0 Å². The summed E-state index contributed by atoms with van der Waals surface area (Å²) in [5, 5.41) is 4.03. The molecule has 1 fully saturated rings. The molecule has 0 unspecified atom stereocenters. The third-order valence-corrected chi connectivity index (χ3v) is 4.51. The molecule has 0 aromatic heterocycles. The molecule has 0 radical (unpaired) electrons. The van der Waals surface area contributed by atoms with Crippen molar-refractivity contribution in [1.29, 1.82) is 0 Å². The van der Waals surface area contributed by atoms with E-state index in [9.17, 15) is 4.39 Å². The van der Waals surface area contributed by atoms with E-state index in [1.165, 1.54) is 11.6 Å². The number of halogens is 3. The molecule has 0 amide bonds. The molecule has 2 aromatic carbocycles. The standard InChI is InChI=1S/C16H14BrClFN/c17-12-3-6-15(19)16(9-12)20-14-7-11(8-14)10-1-4-13(18)5-2-10/h1-6,9,11,14,20H,7-8H2. The first-order chi connectivity index (χ1) is 9.61. The van der Waals surface area contributed by atoms with E-state index in [-0.39, 0.29) is 5.82 Å². The maximum Gasteiger partial charge on any atom is 0.146 e. The van der Waals surface area contributed by atoms with Crippen LogP contribution < -0.4 is 5.32 Å². The van der Waals surface area contributed by atoms with Crippen molar-refractivity contribution < 1.29 is 4.39 Å². The zero-order chi connectivity index (χ0) is 14.1. The van der Waals surface area contributed by atoms with Gasteiger partial charge in [-0.3, -0.25) is 0 Å². The maximum absolute atomic E-state index is 13.7. The molecule has 0 bridgehead atoms. The van der Waals surface area contributed by atoms with Gasteiger partial charge in [0.25, 0.3) is 0 Å². The summed E-state index contributed by atoms with van der Waals surface area (Å²) in [6.45, 7) is 0. The summed E-state index contributed by atoms with van der Waals surface area (Å²) < 4.78 is 14.5. The molecule has 20 heavy (non-hydrogen) atoms. The van der Waals surface area contributed by atoms with Gasteiger partial charge in [-0.05, 0) is 54.7 Å². The summed E-state index contributed by atoms with van der Waals surface area (Å²) in [6, 6.07) is 13.3. The van der Waals surface area contributed by atoms with E-state index in [0.717, 1.165) is 22.3 Å². The van der Waals surface area contributed by atoms with Gasteiger partial charge in [-0.1, -0.05) is 39.7 Å². The Morgan fingerprint density at radius 2 is 1.80 bits per heavy atom. The van der Waals surface area contributed by atoms with Gasteiger partial charge in [0, 0.05) is 15.5 Å². The molecule has 0 aliphatic heterocycles. The highest BCUT2D eigenvalue weighted by Gasteiger charge is 2.30. The average molecular weight is 355 g/mol. The Bertz CT molecular complexity index is 608. The summed E-state index contributed by atoms with van der Waals surface area (Å²) in [5.41, 5.74) is 1.88. The van der Waals surface area contributed by atoms with Gasteiger partial charge in [-0.25, -0.2) is 4.39 Å². The zero-order valence-corrected chi connectivity index (χ0v) is 13.1. The van der Waals surface area contributed by atoms with Crippen LogP contribution in [0.5, 0.6) is 0 Å². The molecule has 0 heterocycles. The molecule has 0 saturated heterocycles. The van der Waals surface area contributed by atoms with Crippen LogP contribution in [0, 0.1) is 5.82 Å². The summed E-state index contributed by atoms with van der Waals surface area (Å²) in [5.74, 6) is 0.336. The van der Waals surface area contributed by atoms with Crippen LogP contribution in [0.1, 0.15) is 24.3 Å². The summed E-state index contributed by atoms with van der Waals surface area (Å²) in [6.07, 6.45) is 2.04. The number of anilines is 1. The molecule has 1 saturated carbocycles. The molecule has 0 atom stereocenters. The highest BCUT2D eigenvalue weighted by Crippen LogP contribution is 2.39. The lowest BCUT2D eigenvalue weighted by molar-refractivity contribution is 0.373. The lowest BCUT2D eigenvalue weighted by Gasteiger charge is -2.37. The molecule has 4 heteroatoms. The van der Waals surface area contributed by atoms with Crippen LogP contribution in [-0.2, 0) is 0 Å². The fourth-order valence-electron chi connectivity index (χ4n) is 2.57. The van der Waals surface area contributed by atoms with Crippen molar-refractivity contribution in [2.45, 2.75) is 24.8 Å². The van der Waals surface area contributed by atoms with Gasteiger partial charge < -0.3 is 5.32 Å². The highest BCUT2D eigenvalue weighted by atomic mass is 79.9. The van der Waals surface area contributed by atoms with Crippen LogP contribution in [0.3, 0.4) is 0 Å². The van der Waals surface area contributed by atoms with Crippen molar-refractivity contribution in [2.75, 3.05) is 5.32 Å². The largest absolute Gasteiger partial charge is 0.380 e. The van der Waals surface area contributed by atoms with Crippen molar-refractivity contribution in [3.8, 4) is 0 Å². The van der Waals surface area contributed by atoms with Crippen molar-refractivity contribution in [3.63, 3.8) is 0 Å². The maximum atomic E-state index is 13.7. The van der Waals surface area contributed by atoms with Crippen molar-refractivity contribution in [3.05, 3.63) is 63.3 Å². The van der Waals surface area contributed by atoms with Gasteiger partial charge in [0.1, 0.15) is 5.82 Å². The van der Waals surface area contributed by atoms with E-state index < -0.39 is 0 Å². The predicted octanol–water partition coefficient (Wildman–Crippen LogP) is 5.60. The second-order valence-corrected chi connectivity index (χ2v) is 6.54. The van der Waals surface area contributed by atoms with E-state index in [1.54, 1.807) is 12.1 Å². The Hall–Kier alpha value is -1.06. The van der Waals surface area contributed by atoms with Gasteiger partial charge in [-0.2, -0.15) is 0 Å². The van der Waals surface area contributed by atoms with Crippen LogP contribution in [0.25, 0.3) is 0 Å². The molecular weight excluding hydrogens is 341 g/mol. The third-order valence-electron chi connectivity index (χ3n) is 3.77. The van der Waals surface area contributed by atoms with Crippen LogP contribution in [0.2, 0.25) is 5.02 Å². The monoisotopic (exact) mass is 353 g/mol. The van der Waals surface area contributed by atoms with E-state index in [1.807, 2.05) is 12.1 Å². The van der Waals surface area contributed by atoms with Crippen LogP contribution in [0.15, 0.2) is 46.9 Å². The first-order valence-corrected chi connectivity index (χ1v) is 7.76. The molecule has 1 nitrogen and oxygen atoms in total. The summed E-state index contributed by atoms with van der Waals surface area (Å²) in [4.78, 5) is 0. The molecule has 1 aliphatic carbocycles. The smallest absolute Gasteiger partial charge is 0.146 e. The lowest BCUT2D eigenvalue weighted by atomic mass is 9.76. The number of hydrogen-bond donors (Lipinski definition) is 1. The third kappa shape index (κ3) is 2.99. The van der Waals surface area contributed by atoms with Crippen molar-refractivity contribution >= 4 is 33.2 Å². The Kier molecular flexibility index (Phi) is 3.99. The van der Waals surface area contributed by atoms with Crippen LogP contribution in [-0.4, -0.2) is 6.04 Å². The van der Waals surface area contributed by atoms with Crippen LogP contribution in [0.4, 0.5) is 10.1 Å². The Labute approximate surface area is 131 Å². The second-order valence-electron chi connectivity index (χ2n) is 5.19. The number of benzene rings is 2. The number of rotatable bonds is 3.